The van der Waals surface area contributed by atoms with E-state index in [1.165, 1.54) is 16.7 Å². The van der Waals surface area contributed by atoms with Gasteiger partial charge in [0.15, 0.2) is 11.5 Å². The van der Waals surface area contributed by atoms with Gasteiger partial charge in [0.25, 0.3) is 0 Å². The molecule has 4 heteroatoms. The Hall–Kier alpha value is -1.97. The number of carbonyl (C=O) groups is 1. The van der Waals surface area contributed by atoms with E-state index in [4.69, 9.17) is 9.47 Å². The van der Waals surface area contributed by atoms with Crippen LogP contribution < -0.4 is 9.47 Å². The lowest BCUT2D eigenvalue weighted by atomic mass is 9.71. The van der Waals surface area contributed by atoms with Gasteiger partial charge in [-0.05, 0) is 54.5 Å². The van der Waals surface area contributed by atoms with Gasteiger partial charge in [0.2, 0.25) is 5.91 Å². The number of amides is 1. The molecule has 1 aliphatic carbocycles. The molecule has 4 nitrogen and oxygen atoms in total. The second-order valence-corrected chi connectivity index (χ2v) is 6.32. The molecule has 1 amide bonds. The summed E-state index contributed by atoms with van der Waals surface area (Å²) in [6.07, 6.45) is 6.98. The molecule has 1 aromatic carbocycles. The molecule has 0 N–H and O–H groups in total. The van der Waals surface area contributed by atoms with Crippen molar-refractivity contribution in [2.24, 2.45) is 0 Å². The number of rotatable bonds is 2. The maximum absolute atomic E-state index is 12.5. The SMILES string of the molecule is COc1cc2c(cc1OC)[C@]13CCCC=C1CC(=O)N3CC2. The van der Waals surface area contributed by atoms with Crippen LogP contribution in [0.25, 0.3) is 0 Å². The van der Waals surface area contributed by atoms with Crippen molar-refractivity contribution in [1.82, 2.24) is 4.90 Å². The molecule has 1 atom stereocenters. The zero-order chi connectivity index (χ0) is 15.3. The fourth-order valence-corrected chi connectivity index (χ4v) is 4.48. The van der Waals surface area contributed by atoms with Crippen LogP contribution in [0.3, 0.4) is 0 Å². The molecule has 1 saturated heterocycles. The first-order chi connectivity index (χ1) is 10.7. The lowest BCUT2D eigenvalue weighted by Gasteiger charge is -2.46. The van der Waals surface area contributed by atoms with Crippen LogP contribution in [0.1, 0.15) is 36.8 Å². The zero-order valence-electron chi connectivity index (χ0n) is 13.1. The largest absolute Gasteiger partial charge is 0.493 e. The Morgan fingerprint density at radius 3 is 2.73 bits per heavy atom. The molecule has 0 bridgehead atoms. The van der Waals surface area contributed by atoms with Gasteiger partial charge in [-0.3, -0.25) is 4.79 Å². The van der Waals surface area contributed by atoms with Crippen molar-refractivity contribution in [2.45, 2.75) is 37.6 Å². The topological polar surface area (TPSA) is 38.8 Å². The Morgan fingerprint density at radius 2 is 1.95 bits per heavy atom. The highest BCUT2D eigenvalue weighted by molar-refractivity contribution is 5.86. The van der Waals surface area contributed by atoms with Crippen molar-refractivity contribution in [3.05, 3.63) is 34.9 Å². The first-order valence-electron chi connectivity index (χ1n) is 7.96. The van der Waals surface area contributed by atoms with Crippen LogP contribution in [0.2, 0.25) is 0 Å². The molecular weight excluding hydrogens is 278 g/mol. The van der Waals surface area contributed by atoms with Gasteiger partial charge < -0.3 is 14.4 Å². The van der Waals surface area contributed by atoms with E-state index in [-0.39, 0.29) is 11.4 Å². The Labute approximate surface area is 130 Å². The standard InChI is InChI=1S/C18H21NO3/c1-21-15-9-12-6-8-19-17(20)10-13-5-3-4-7-18(13,19)14(12)11-16(15)22-2/h5,9,11H,3-4,6-8,10H2,1-2H3/t18-/m0/s1. The molecule has 3 aliphatic rings. The minimum atomic E-state index is -0.220. The summed E-state index contributed by atoms with van der Waals surface area (Å²) < 4.78 is 11.0. The Morgan fingerprint density at radius 1 is 1.18 bits per heavy atom. The maximum atomic E-state index is 12.5. The second kappa shape index (κ2) is 4.77. The van der Waals surface area contributed by atoms with Gasteiger partial charge in [0.1, 0.15) is 0 Å². The monoisotopic (exact) mass is 299 g/mol. The number of nitrogens with zero attached hydrogens (tertiary/aromatic N) is 1. The molecule has 2 aliphatic heterocycles. The summed E-state index contributed by atoms with van der Waals surface area (Å²) in [5, 5.41) is 0. The van der Waals surface area contributed by atoms with E-state index in [9.17, 15) is 4.79 Å². The van der Waals surface area contributed by atoms with E-state index in [1.54, 1.807) is 14.2 Å². The van der Waals surface area contributed by atoms with Gasteiger partial charge in [0, 0.05) is 6.54 Å². The van der Waals surface area contributed by atoms with E-state index >= 15 is 0 Å². The lowest BCUT2D eigenvalue weighted by molar-refractivity contribution is -0.132. The summed E-state index contributed by atoms with van der Waals surface area (Å²) in [7, 11) is 3.34. The van der Waals surface area contributed by atoms with Crippen LogP contribution in [0, 0.1) is 0 Å². The first-order valence-corrected chi connectivity index (χ1v) is 7.96. The van der Waals surface area contributed by atoms with Gasteiger partial charge in [-0.25, -0.2) is 0 Å². The minimum Gasteiger partial charge on any atom is -0.493 e. The van der Waals surface area contributed by atoms with Crippen LogP contribution in [-0.4, -0.2) is 31.6 Å². The van der Waals surface area contributed by atoms with Crippen LogP contribution in [-0.2, 0) is 16.8 Å². The highest BCUT2D eigenvalue weighted by atomic mass is 16.5. The minimum absolute atomic E-state index is 0.220. The molecule has 116 valence electrons. The van der Waals surface area contributed by atoms with Crippen LogP contribution >= 0.6 is 0 Å². The molecule has 0 aromatic heterocycles. The van der Waals surface area contributed by atoms with Crippen molar-refractivity contribution in [1.29, 1.82) is 0 Å². The molecular formula is C18H21NO3. The highest BCUT2D eigenvalue weighted by Gasteiger charge is 2.53. The molecule has 0 unspecified atom stereocenters. The third-order valence-electron chi connectivity index (χ3n) is 5.43. The third kappa shape index (κ3) is 1.61. The molecule has 1 spiro atoms. The van der Waals surface area contributed by atoms with E-state index in [1.807, 2.05) is 0 Å². The normalized spacial score (nSPS) is 26.0. The molecule has 22 heavy (non-hydrogen) atoms. The van der Waals surface area contributed by atoms with Crippen molar-refractivity contribution < 1.29 is 14.3 Å². The summed E-state index contributed by atoms with van der Waals surface area (Å²) in [4.78, 5) is 14.6. The van der Waals surface area contributed by atoms with E-state index in [0.717, 1.165) is 43.7 Å². The summed E-state index contributed by atoms with van der Waals surface area (Å²) in [5.74, 6) is 1.80. The predicted molar refractivity (Wildman–Crippen MR) is 83.2 cm³/mol. The molecule has 4 rings (SSSR count). The molecule has 1 aromatic rings. The number of fused-ring (bicyclic) bond motifs is 1. The Balaban J connectivity index is 1.96. The quantitative estimate of drug-likeness (QED) is 0.788. The number of methoxy groups -OCH3 is 2. The maximum Gasteiger partial charge on any atom is 0.227 e. The number of benzene rings is 1. The van der Waals surface area contributed by atoms with Crippen molar-refractivity contribution in [3.63, 3.8) is 0 Å². The van der Waals surface area contributed by atoms with Gasteiger partial charge >= 0.3 is 0 Å². The number of hydrogen-bond donors (Lipinski definition) is 0. The molecule has 0 radical (unpaired) electrons. The fourth-order valence-electron chi connectivity index (χ4n) is 4.48. The first kappa shape index (κ1) is 13.7. The molecule has 0 saturated carbocycles. The summed E-state index contributed by atoms with van der Waals surface area (Å²) >= 11 is 0. The van der Waals surface area contributed by atoms with E-state index in [0.29, 0.717) is 6.42 Å². The van der Waals surface area contributed by atoms with Crippen LogP contribution in [0.5, 0.6) is 11.5 Å². The lowest BCUT2D eigenvalue weighted by Crippen LogP contribution is -2.49. The van der Waals surface area contributed by atoms with Crippen molar-refractivity contribution in [3.8, 4) is 11.5 Å². The van der Waals surface area contributed by atoms with E-state index in [2.05, 4.69) is 23.1 Å². The van der Waals surface area contributed by atoms with Gasteiger partial charge in [-0.1, -0.05) is 6.08 Å². The number of hydrogen-bond acceptors (Lipinski definition) is 3. The van der Waals surface area contributed by atoms with Crippen molar-refractivity contribution in [2.75, 3.05) is 20.8 Å². The fraction of sp³-hybridized carbons (Fsp3) is 0.500. The van der Waals surface area contributed by atoms with Crippen LogP contribution in [0.15, 0.2) is 23.8 Å². The van der Waals surface area contributed by atoms with Gasteiger partial charge in [0.05, 0.1) is 26.2 Å². The second-order valence-electron chi connectivity index (χ2n) is 6.32. The zero-order valence-corrected chi connectivity index (χ0v) is 13.1. The smallest absolute Gasteiger partial charge is 0.227 e. The average molecular weight is 299 g/mol. The predicted octanol–water partition coefficient (Wildman–Crippen LogP) is 2.80. The van der Waals surface area contributed by atoms with E-state index < -0.39 is 0 Å². The summed E-state index contributed by atoms with van der Waals surface area (Å²) in [6.45, 7) is 0.804. The summed E-state index contributed by atoms with van der Waals surface area (Å²) in [5.41, 5.74) is 3.60. The van der Waals surface area contributed by atoms with Gasteiger partial charge in [-0.15, -0.1) is 0 Å². The van der Waals surface area contributed by atoms with Crippen LogP contribution in [0.4, 0.5) is 0 Å². The third-order valence-corrected chi connectivity index (χ3v) is 5.43. The Bertz CT molecular complexity index is 679. The van der Waals surface area contributed by atoms with Gasteiger partial charge in [-0.2, -0.15) is 0 Å². The number of allylic oxidation sites excluding steroid dienone is 1. The average Bonchev–Trinajstić information content (AvgIpc) is 2.86. The number of carbonyl (C=O) groups excluding carboxylic acids is 1. The Kier molecular flexibility index (Phi) is 2.96. The highest BCUT2D eigenvalue weighted by Crippen LogP contribution is 2.54. The summed E-state index contributed by atoms with van der Waals surface area (Å²) in [6, 6.07) is 4.19. The number of ether oxygens (including phenoxy) is 2. The molecule has 1 fully saturated rings. The molecule has 2 heterocycles. The van der Waals surface area contributed by atoms with Crippen molar-refractivity contribution >= 4 is 5.91 Å².